The highest BCUT2D eigenvalue weighted by Crippen LogP contribution is 1.88. The van der Waals surface area contributed by atoms with Gasteiger partial charge in [-0.3, -0.25) is 0 Å². The van der Waals surface area contributed by atoms with Crippen molar-refractivity contribution in [2.45, 2.75) is 27.3 Å². The van der Waals surface area contributed by atoms with Gasteiger partial charge in [-0.15, -0.1) is 0 Å². The number of aryl methyl sites for hydroxylation is 1. The van der Waals surface area contributed by atoms with E-state index in [1.807, 2.05) is 6.92 Å². The van der Waals surface area contributed by atoms with Crippen molar-refractivity contribution in [2.24, 2.45) is 0 Å². The molecule has 0 saturated heterocycles. The van der Waals surface area contributed by atoms with Crippen molar-refractivity contribution in [3.8, 4) is 0 Å². The first kappa shape index (κ1) is 8.12. The minimum atomic E-state index is 1.01. The third-order valence-corrected chi connectivity index (χ3v) is 2.08. The van der Waals surface area contributed by atoms with E-state index in [9.17, 15) is 0 Å². The zero-order valence-electron chi connectivity index (χ0n) is 7.52. The molecule has 0 saturated carbocycles. The normalized spacial score (nSPS) is 12.5. The Labute approximate surface area is 67.7 Å². The van der Waals surface area contributed by atoms with Gasteiger partial charge in [0.05, 0.1) is 0 Å². The summed E-state index contributed by atoms with van der Waals surface area (Å²) >= 11 is 0. The highest BCUT2D eigenvalue weighted by Gasteiger charge is 1.95. The molecule has 0 spiro atoms. The van der Waals surface area contributed by atoms with E-state index >= 15 is 0 Å². The van der Waals surface area contributed by atoms with Crippen LogP contribution in [0.2, 0.25) is 0 Å². The van der Waals surface area contributed by atoms with Gasteiger partial charge >= 0.3 is 0 Å². The van der Waals surface area contributed by atoms with Crippen molar-refractivity contribution < 1.29 is 0 Å². The summed E-state index contributed by atoms with van der Waals surface area (Å²) in [4.78, 5) is 0. The van der Waals surface area contributed by atoms with Crippen LogP contribution in [-0.2, 0) is 6.54 Å². The van der Waals surface area contributed by atoms with Crippen LogP contribution in [0.1, 0.15) is 19.5 Å². The lowest BCUT2D eigenvalue weighted by Crippen LogP contribution is -2.26. The summed E-state index contributed by atoms with van der Waals surface area (Å²) in [6.45, 7) is 11.3. The second-order valence-corrected chi connectivity index (χ2v) is 2.72. The van der Waals surface area contributed by atoms with Crippen molar-refractivity contribution in [1.82, 2.24) is 4.57 Å². The molecule has 0 aliphatic rings. The van der Waals surface area contributed by atoms with Crippen LogP contribution >= 0.6 is 0 Å². The number of nitrogens with zero attached hydrogens (tertiary/aromatic N) is 1. The first-order valence-corrected chi connectivity index (χ1v) is 4.02. The molecule has 0 aliphatic heterocycles. The molecule has 0 N–H and O–H groups in total. The second kappa shape index (κ2) is 2.95. The number of aromatic nitrogens is 1. The first-order chi connectivity index (χ1) is 5.20. The molecule has 1 aromatic rings. The Hall–Kier alpha value is -0.980. The lowest BCUT2D eigenvalue weighted by Gasteiger charge is -1.99. The molecule has 0 atom stereocenters. The van der Waals surface area contributed by atoms with Gasteiger partial charge in [0, 0.05) is 17.6 Å². The maximum absolute atomic E-state index is 4.01. The summed E-state index contributed by atoms with van der Waals surface area (Å²) < 4.78 is 2.22. The fourth-order valence-electron chi connectivity index (χ4n) is 1.45. The van der Waals surface area contributed by atoms with Gasteiger partial charge in [0.1, 0.15) is 0 Å². The predicted molar refractivity (Wildman–Crippen MR) is 49.8 cm³/mol. The molecule has 0 bridgehead atoms. The van der Waals surface area contributed by atoms with Crippen LogP contribution in [0, 0.1) is 6.92 Å². The van der Waals surface area contributed by atoms with E-state index in [-0.39, 0.29) is 0 Å². The topological polar surface area (TPSA) is 4.93 Å². The molecule has 1 aromatic heterocycles. The molecular weight excluding hydrogens is 134 g/mol. The van der Waals surface area contributed by atoms with Crippen LogP contribution in [0.5, 0.6) is 0 Å². The summed E-state index contributed by atoms with van der Waals surface area (Å²) in [5, 5.41) is 2.39. The van der Waals surface area contributed by atoms with Crippen molar-refractivity contribution in [3.05, 3.63) is 22.3 Å². The summed E-state index contributed by atoms with van der Waals surface area (Å²) in [5.74, 6) is 0. The van der Waals surface area contributed by atoms with E-state index in [2.05, 4.69) is 37.1 Å². The molecular formula is C10H15N. The molecule has 0 fully saturated rings. The smallest absolute Gasteiger partial charge is 0.0405 e. The zero-order chi connectivity index (χ0) is 8.43. The van der Waals surface area contributed by atoms with E-state index in [0.717, 1.165) is 11.9 Å². The molecule has 0 unspecified atom stereocenters. The van der Waals surface area contributed by atoms with E-state index in [0.29, 0.717) is 0 Å². The number of rotatable bonds is 1. The van der Waals surface area contributed by atoms with Crippen LogP contribution in [-0.4, -0.2) is 4.57 Å². The monoisotopic (exact) mass is 149 g/mol. The van der Waals surface area contributed by atoms with Crippen molar-refractivity contribution in [1.29, 1.82) is 0 Å². The van der Waals surface area contributed by atoms with Crippen LogP contribution in [0.4, 0.5) is 0 Å². The lowest BCUT2D eigenvalue weighted by atomic mass is 10.4. The standard InChI is InChI=1S/C10H15N/c1-5-10-7-8(3)11(6-2)9(10)4/h5,7H,4,6H2,1-3H3/b10-5+. The van der Waals surface area contributed by atoms with E-state index in [4.69, 9.17) is 0 Å². The summed E-state index contributed by atoms with van der Waals surface area (Å²) in [6, 6.07) is 2.17. The average molecular weight is 149 g/mol. The summed E-state index contributed by atoms with van der Waals surface area (Å²) in [5.41, 5.74) is 1.30. The van der Waals surface area contributed by atoms with Crippen LogP contribution in [0.15, 0.2) is 6.07 Å². The number of hydrogen-bond donors (Lipinski definition) is 0. The molecule has 60 valence electrons. The Morgan fingerprint density at radius 1 is 1.64 bits per heavy atom. The Morgan fingerprint density at radius 2 is 2.27 bits per heavy atom. The molecule has 1 nitrogen and oxygen atoms in total. The van der Waals surface area contributed by atoms with Gasteiger partial charge in [0.15, 0.2) is 0 Å². The zero-order valence-corrected chi connectivity index (χ0v) is 7.52. The molecule has 1 rings (SSSR count). The van der Waals surface area contributed by atoms with Crippen LogP contribution in [0.3, 0.4) is 0 Å². The van der Waals surface area contributed by atoms with E-state index < -0.39 is 0 Å². The Kier molecular flexibility index (Phi) is 2.18. The molecule has 0 aromatic carbocycles. The highest BCUT2D eigenvalue weighted by atomic mass is 15.0. The molecule has 1 heteroatoms. The third kappa shape index (κ3) is 1.23. The molecule has 11 heavy (non-hydrogen) atoms. The lowest BCUT2D eigenvalue weighted by molar-refractivity contribution is 0.721. The SMILES string of the molecule is C=c1/c(=C/C)cc(C)n1CC. The summed E-state index contributed by atoms with van der Waals surface area (Å²) in [6.07, 6.45) is 2.10. The van der Waals surface area contributed by atoms with Crippen molar-refractivity contribution in [3.63, 3.8) is 0 Å². The first-order valence-electron chi connectivity index (χ1n) is 4.02. The van der Waals surface area contributed by atoms with Crippen molar-refractivity contribution >= 4 is 12.7 Å². The quantitative estimate of drug-likeness (QED) is 0.562. The van der Waals surface area contributed by atoms with Gasteiger partial charge in [-0.05, 0) is 32.1 Å². The Balaban J connectivity index is 3.51. The summed E-state index contributed by atoms with van der Waals surface area (Å²) in [7, 11) is 0. The van der Waals surface area contributed by atoms with Crippen LogP contribution < -0.4 is 10.6 Å². The third-order valence-electron chi connectivity index (χ3n) is 2.08. The molecule has 0 amide bonds. The highest BCUT2D eigenvalue weighted by molar-refractivity contribution is 5.24. The van der Waals surface area contributed by atoms with Gasteiger partial charge in [0.25, 0.3) is 0 Å². The van der Waals surface area contributed by atoms with Gasteiger partial charge in [-0.2, -0.15) is 0 Å². The number of hydrogen-bond acceptors (Lipinski definition) is 0. The molecule has 0 radical (unpaired) electrons. The average Bonchev–Trinajstić information content (AvgIpc) is 2.26. The van der Waals surface area contributed by atoms with Gasteiger partial charge in [-0.1, -0.05) is 12.7 Å². The second-order valence-electron chi connectivity index (χ2n) is 2.72. The fraction of sp³-hybridized carbons (Fsp3) is 0.400. The molecule has 0 aliphatic carbocycles. The van der Waals surface area contributed by atoms with Gasteiger partial charge in [-0.25, -0.2) is 0 Å². The maximum Gasteiger partial charge on any atom is 0.0405 e. The minimum absolute atomic E-state index is 1.01. The maximum atomic E-state index is 4.01. The predicted octanol–water partition coefficient (Wildman–Crippen LogP) is 1.03. The largest absolute Gasteiger partial charge is 0.346 e. The van der Waals surface area contributed by atoms with Crippen LogP contribution in [0.25, 0.3) is 12.7 Å². The Bertz CT molecular complexity index is 344. The van der Waals surface area contributed by atoms with Gasteiger partial charge in [0.2, 0.25) is 0 Å². The molecule has 1 heterocycles. The van der Waals surface area contributed by atoms with E-state index in [1.54, 1.807) is 0 Å². The van der Waals surface area contributed by atoms with E-state index in [1.165, 1.54) is 10.9 Å². The minimum Gasteiger partial charge on any atom is -0.346 e. The van der Waals surface area contributed by atoms with Gasteiger partial charge < -0.3 is 4.57 Å². The fourth-order valence-corrected chi connectivity index (χ4v) is 1.45. The Morgan fingerprint density at radius 3 is 2.55 bits per heavy atom. The van der Waals surface area contributed by atoms with Crippen molar-refractivity contribution in [2.75, 3.05) is 0 Å².